The lowest BCUT2D eigenvalue weighted by atomic mass is 9.96. The minimum Gasteiger partial charge on any atom is -0.454 e. The summed E-state index contributed by atoms with van der Waals surface area (Å²) in [6.07, 6.45) is 0.213. The van der Waals surface area contributed by atoms with Crippen molar-refractivity contribution >= 4 is 28.5 Å². The molecule has 2 N–H and O–H groups in total. The maximum Gasteiger partial charge on any atom is 0.245 e. The van der Waals surface area contributed by atoms with Crippen molar-refractivity contribution < 1.29 is 23.9 Å². The standard InChI is InChI=1S/C22H19N3O5/c1-25-10-19(26)23-16(22(25)28)9-14-13-4-2-3-5-15(13)24-20(14)21(27)12-6-7-17-18(8-12)30-11-29-17/h2-8,16,24H,9-11H2,1H3,(H,23,26)/t16-/m0/s1. The molecular formula is C22H19N3O5. The van der Waals surface area contributed by atoms with Crippen LogP contribution in [0.15, 0.2) is 42.5 Å². The van der Waals surface area contributed by atoms with Crippen LogP contribution < -0.4 is 14.8 Å². The Labute approximate surface area is 171 Å². The van der Waals surface area contributed by atoms with E-state index in [1.54, 1.807) is 25.2 Å². The highest BCUT2D eigenvalue weighted by Crippen LogP contribution is 2.34. The third-order valence-corrected chi connectivity index (χ3v) is 5.47. The van der Waals surface area contributed by atoms with Gasteiger partial charge in [-0.2, -0.15) is 0 Å². The van der Waals surface area contributed by atoms with E-state index in [-0.39, 0.29) is 37.4 Å². The highest BCUT2D eigenvalue weighted by molar-refractivity contribution is 6.12. The number of aromatic nitrogens is 1. The van der Waals surface area contributed by atoms with Gasteiger partial charge in [-0.15, -0.1) is 0 Å². The number of rotatable bonds is 4. The Bertz CT molecular complexity index is 1200. The molecule has 0 saturated carbocycles. The molecule has 3 aromatic rings. The van der Waals surface area contributed by atoms with E-state index in [1.165, 1.54) is 4.90 Å². The Morgan fingerprint density at radius 1 is 1.13 bits per heavy atom. The second-order valence-corrected chi connectivity index (χ2v) is 7.44. The lowest BCUT2D eigenvalue weighted by Gasteiger charge is -2.29. The number of hydrogen-bond acceptors (Lipinski definition) is 5. The molecule has 0 radical (unpaired) electrons. The molecule has 1 saturated heterocycles. The lowest BCUT2D eigenvalue weighted by molar-refractivity contribution is -0.142. The van der Waals surface area contributed by atoms with Gasteiger partial charge < -0.3 is 24.7 Å². The third-order valence-electron chi connectivity index (χ3n) is 5.47. The average Bonchev–Trinajstić information content (AvgIpc) is 3.35. The second-order valence-electron chi connectivity index (χ2n) is 7.44. The topological polar surface area (TPSA) is 101 Å². The van der Waals surface area contributed by atoms with Crippen LogP contribution in [0.3, 0.4) is 0 Å². The van der Waals surface area contributed by atoms with E-state index in [1.807, 2.05) is 24.3 Å². The Morgan fingerprint density at radius 3 is 2.80 bits per heavy atom. The fourth-order valence-electron chi connectivity index (χ4n) is 3.99. The first-order valence-corrected chi connectivity index (χ1v) is 9.59. The van der Waals surface area contributed by atoms with Crippen LogP contribution in [0.2, 0.25) is 0 Å². The summed E-state index contributed by atoms with van der Waals surface area (Å²) in [5, 5.41) is 3.59. The summed E-state index contributed by atoms with van der Waals surface area (Å²) < 4.78 is 10.7. The van der Waals surface area contributed by atoms with E-state index in [0.29, 0.717) is 28.3 Å². The van der Waals surface area contributed by atoms with E-state index in [9.17, 15) is 14.4 Å². The number of para-hydroxylation sites is 1. The average molecular weight is 405 g/mol. The van der Waals surface area contributed by atoms with Crippen molar-refractivity contribution in [3.05, 3.63) is 59.3 Å². The quantitative estimate of drug-likeness (QED) is 0.643. The summed E-state index contributed by atoms with van der Waals surface area (Å²) in [7, 11) is 1.60. The SMILES string of the molecule is CN1CC(=O)N[C@@H](Cc2c(C(=O)c3ccc4c(c3)OCO4)[nH]c3ccccc23)C1=O. The van der Waals surface area contributed by atoms with Crippen molar-refractivity contribution in [3.8, 4) is 11.5 Å². The minimum absolute atomic E-state index is 0.0339. The number of benzene rings is 2. The first kappa shape index (κ1) is 18.2. The summed E-state index contributed by atoms with van der Waals surface area (Å²) in [5.41, 5.74) is 2.33. The number of H-pyrrole nitrogens is 1. The fraction of sp³-hybridized carbons (Fsp3) is 0.227. The Hall–Kier alpha value is -3.81. The predicted molar refractivity (Wildman–Crippen MR) is 108 cm³/mol. The summed E-state index contributed by atoms with van der Waals surface area (Å²) in [6.45, 7) is 0.161. The zero-order valence-corrected chi connectivity index (χ0v) is 16.2. The van der Waals surface area contributed by atoms with Crippen molar-refractivity contribution in [1.29, 1.82) is 0 Å². The first-order valence-electron chi connectivity index (χ1n) is 9.59. The molecule has 8 heteroatoms. The molecule has 0 spiro atoms. The van der Waals surface area contributed by atoms with Gasteiger partial charge in [-0.25, -0.2) is 0 Å². The van der Waals surface area contributed by atoms with Crippen LogP contribution in [0.5, 0.6) is 11.5 Å². The van der Waals surface area contributed by atoms with Crippen molar-refractivity contribution in [2.24, 2.45) is 0 Å². The molecule has 2 aliphatic heterocycles. The first-order chi connectivity index (χ1) is 14.5. The number of ketones is 1. The number of hydrogen-bond donors (Lipinski definition) is 2. The normalized spacial score (nSPS) is 18.0. The van der Waals surface area contributed by atoms with Crippen LogP contribution in [0.1, 0.15) is 21.6 Å². The molecule has 1 atom stereocenters. The molecule has 5 rings (SSSR count). The van der Waals surface area contributed by atoms with E-state index in [2.05, 4.69) is 10.3 Å². The summed E-state index contributed by atoms with van der Waals surface area (Å²) in [6, 6.07) is 11.9. The second kappa shape index (κ2) is 6.91. The number of likely N-dealkylation sites (N-methyl/N-ethyl adjacent to an activating group) is 1. The zero-order valence-electron chi connectivity index (χ0n) is 16.2. The molecule has 0 bridgehead atoms. The number of amides is 2. The van der Waals surface area contributed by atoms with Gasteiger partial charge in [-0.3, -0.25) is 14.4 Å². The molecule has 30 heavy (non-hydrogen) atoms. The summed E-state index contributed by atoms with van der Waals surface area (Å²) in [4.78, 5) is 42.5. The number of fused-ring (bicyclic) bond motifs is 2. The van der Waals surface area contributed by atoms with Gasteiger partial charge in [0.15, 0.2) is 11.5 Å². The van der Waals surface area contributed by atoms with Gasteiger partial charge in [0.2, 0.25) is 24.4 Å². The highest BCUT2D eigenvalue weighted by atomic mass is 16.7. The van der Waals surface area contributed by atoms with Gasteiger partial charge in [-0.1, -0.05) is 18.2 Å². The van der Waals surface area contributed by atoms with Crippen molar-refractivity contribution in [1.82, 2.24) is 15.2 Å². The smallest absolute Gasteiger partial charge is 0.245 e. The van der Waals surface area contributed by atoms with Gasteiger partial charge in [0, 0.05) is 29.9 Å². The number of piperazine rings is 1. The third kappa shape index (κ3) is 2.97. The largest absolute Gasteiger partial charge is 0.454 e. The van der Waals surface area contributed by atoms with Gasteiger partial charge >= 0.3 is 0 Å². The van der Waals surface area contributed by atoms with Crippen molar-refractivity contribution in [2.75, 3.05) is 20.4 Å². The number of nitrogens with zero attached hydrogens (tertiary/aromatic N) is 1. The molecule has 2 aliphatic rings. The lowest BCUT2D eigenvalue weighted by Crippen LogP contribution is -2.57. The zero-order chi connectivity index (χ0) is 20.8. The molecule has 152 valence electrons. The molecule has 8 nitrogen and oxygen atoms in total. The summed E-state index contributed by atoms with van der Waals surface area (Å²) >= 11 is 0. The number of aromatic amines is 1. The van der Waals surface area contributed by atoms with Crippen molar-refractivity contribution in [3.63, 3.8) is 0 Å². The van der Waals surface area contributed by atoms with Crippen molar-refractivity contribution in [2.45, 2.75) is 12.5 Å². The van der Waals surface area contributed by atoms with Gasteiger partial charge in [0.05, 0.1) is 12.2 Å². The van der Waals surface area contributed by atoms with Gasteiger partial charge in [0.25, 0.3) is 0 Å². The number of carbonyl (C=O) groups is 3. The number of nitrogens with one attached hydrogen (secondary N) is 2. The molecule has 3 heterocycles. The van der Waals surface area contributed by atoms with Crippen LogP contribution in [0.25, 0.3) is 10.9 Å². The number of ether oxygens (including phenoxy) is 2. The maximum absolute atomic E-state index is 13.4. The Kier molecular flexibility index (Phi) is 4.20. The van der Waals surface area contributed by atoms with Crippen LogP contribution in [-0.4, -0.2) is 53.9 Å². The molecule has 2 aromatic carbocycles. The van der Waals surface area contributed by atoms with E-state index in [4.69, 9.17) is 9.47 Å². The molecule has 1 aromatic heterocycles. The molecular weight excluding hydrogens is 386 g/mol. The molecule has 0 unspecified atom stereocenters. The van der Waals surface area contributed by atoms with Crippen LogP contribution >= 0.6 is 0 Å². The van der Waals surface area contributed by atoms with E-state index in [0.717, 1.165) is 10.9 Å². The number of carbonyl (C=O) groups excluding carboxylic acids is 3. The van der Waals surface area contributed by atoms with Gasteiger partial charge in [-0.05, 0) is 29.8 Å². The summed E-state index contributed by atoms with van der Waals surface area (Å²) in [5.74, 6) is 0.506. The van der Waals surface area contributed by atoms with E-state index >= 15 is 0 Å². The van der Waals surface area contributed by atoms with Gasteiger partial charge in [0.1, 0.15) is 6.04 Å². The van der Waals surface area contributed by atoms with Crippen LogP contribution in [0.4, 0.5) is 0 Å². The highest BCUT2D eigenvalue weighted by Gasteiger charge is 2.33. The Balaban J connectivity index is 1.56. The van der Waals surface area contributed by atoms with E-state index < -0.39 is 6.04 Å². The van der Waals surface area contributed by atoms with Crippen LogP contribution in [0, 0.1) is 0 Å². The van der Waals surface area contributed by atoms with Crippen LogP contribution in [-0.2, 0) is 16.0 Å². The monoisotopic (exact) mass is 405 g/mol. The molecule has 1 fully saturated rings. The predicted octanol–water partition coefficient (Wildman–Crippen LogP) is 1.63. The fourth-order valence-corrected chi connectivity index (χ4v) is 3.99. The molecule has 2 amide bonds. The minimum atomic E-state index is -0.723. The Morgan fingerprint density at radius 2 is 1.93 bits per heavy atom. The molecule has 0 aliphatic carbocycles. The maximum atomic E-state index is 13.4.